The van der Waals surface area contributed by atoms with E-state index >= 15 is 0 Å². The van der Waals surface area contributed by atoms with Gasteiger partial charge in [-0.1, -0.05) is 36.4 Å². The highest BCUT2D eigenvalue weighted by Crippen LogP contribution is 2.18. The molecule has 4 rings (SSSR count). The molecule has 2 N–H and O–H groups in total. The molecule has 3 nitrogen and oxygen atoms in total. The Morgan fingerprint density at radius 1 is 0.952 bits per heavy atom. The Morgan fingerprint density at radius 2 is 1.67 bits per heavy atom. The quantitative estimate of drug-likeness (QED) is 0.531. The van der Waals surface area contributed by atoms with Crippen molar-refractivity contribution >= 4 is 38.3 Å². The van der Waals surface area contributed by atoms with Crippen molar-refractivity contribution in [2.45, 2.75) is 0 Å². The highest BCUT2D eigenvalue weighted by Gasteiger charge is 2.05. The molecule has 0 radical (unpaired) electrons. The van der Waals surface area contributed by atoms with Gasteiger partial charge in [0.1, 0.15) is 5.69 Å². The molecular formula is C17H13NO2S. The van der Waals surface area contributed by atoms with Gasteiger partial charge >= 0.3 is 5.97 Å². The molecule has 0 atom stereocenters. The maximum absolute atomic E-state index is 10.5. The Balaban J connectivity index is 0.000000131. The average Bonchev–Trinajstić information content (AvgIpc) is 3.14. The molecule has 2 aromatic heterocycles. The lowest BCUT2D eigenvalue weighted by atomic mass is 10.2. The van der Waals surface area contributed by atoms with Crippen LogP contribution in [0.15, 0.2) is 66.0 Å². The maximum atomic E-state index is 10.5. The predicted molar refractivity (Wildman–Crippen MR) is 87.1 cm³/mol. The highest BCUT2D eigenvalue weighted by molar-refractivity contribution is 7.17. The molecule has 0 aliphatic rings. The smallest absolute Gasteiger partial charge is 0.352 e. The second-order valence-electron chi connectivity index (χ2n) is 4.53. The van der Waals surface area contributed by atoms with Crippen molar-refractivity contribution < 1.29 is 9.90 Å². The van der Waals surface area contributed by atoms with Crippen LogP contribution >= 0.6 is 11.3 Å². The van der Waals surface area contributed by atoms with Gasteiger partial charge in [0.15, 0.2) is 0 Å². The van der Waals surface area contributed by atoms with Crippen LogP contribution in [0.1, 0.15) is 10.5 Å². The Kier molecular flexibility index (Phi) is 3.71. The van der Waals surface area contributed by atoms with E-state index in [1.54, 1.807) is 17.4 Å². The number of aromatic amines is 1. The molecule has 4 aromatic rings. The second-order valence-corrected chi connectivity index (χ2v) is 5.48. The van der Waals surface area contributed by atoms with Crippen molar-refractivity contribution in [3.63, 3.8) is 0 Å². The van der Waals surface area contributed by atoms with Crippen molar-refractivity contribution in [2.24, 2.45) is 0 Å². The summed E-state index contributed by atoms with van der Waals surface area (Å²) in [6.07, 6.45) is 0. The molecule has 21 heavy (non-hydrogen) atoms. The van der Waals surface area contributed by atoms with Gasteiger partial charge in [0.2, 0.25) is 0 Å². The molecule has 0 aliphatic heterocycles. The van der Waals surface area contributed by atoms with E-state index in [4.69, 9.17) is 5.11 Å². The minimum absolute atomic E-state index is 0.233. The number of hydrogen-bond donors (Lipinski definition) is 2. The first-order valence-corrected chi connectivity index (χ1v) is 7.35. The van der Waals surface area contributed by atoms with Crippen LogP contribution in [0.4, 0.5) is 0 Å². The van der Waals surface area contributed by atoms with Gasteiger partial charge in [0.05, 0.1) is 0 Å². The largest absolute Gasteiger partial charge is 0.477 e. The summed E-state index contributed by atoms with van der Waals surface area (Å²) >= 11 is 1.79. The van der Waals surface area contributed by atoms with Gasteiger partial charge in [0.25, 0.3) is 0 Å². The van der Waals surface area contributed by atoms with E-state index in [9.17, 15) is 4.79 Å². The van der Waals surface area contributed by atoms with Crippen LogP contribution in [0, 0.1) is 0 Å². The lowest BCUT2D eigenvalue weighted by Crippen LogP contribution is -1.94. The van der Waals surface area contributed by atoms with Crippen LogP contribution in [0.5, 0.6) is 0 Å². The third kappa shape index (κ3) is 2.95. The standard InChI is InChI=1S/C9H7NO2.C8H6S/c11-9(12)8-5-6-3-1-2-4-7(6)10-8;1-2-4-8-7(3-1)5-6-9-8/h1-5,10H,(H,11,12);1-6H. The number of thiophene rings is 1. The predicted octanol–water partition coefficient (Wildman–Crippen LogP) is 4.77. The van der Waals surface area contributed by atoms with Gasteiger partial charge in [-0.05, 0) is 35.0 Å². The summed E-state index contributed by atoms with van der Waals surface area (Å²) in [7, 11) is 0. The number of fused-ring (bicyclic) bond motifs is 2. The molecule has 0 bridgehead atoms. The van der Waals surface area contributed by atoms with Crippen LogP contribution in [-0.2, 0) is 0 Å². The molecule has 2 heterocycles. The number of aromatic carboxylic acids is 1. The van der Waals surface area contributed by atoms with E-state index in [2.05, 4.69) is 40.7 Å². The van der Waals surface area contributed by atoms with Crippen LogP contribution in [-0.4, -0.2) is 16.1 Å². The Labute approximate surface area is 125 Å². The lowest BCUT2D eigenvalue weighted by Gasteiger charge is -1.84. The molecule has 0 unspecified atom stereocenters. The van der Waals surface area contributed by atoms with Crippen molar-refractivity contribution in [3.8, 4) is 0 Å². The zero-order chi connectivity index (χ0) is 14.7. The van der Waals surface area contributed by atoms with Gasteiger partial charge in [-0.3, -0.25) is 0 Å². The third-order valence-electron chi connectivity index (χ3n) is 3.12. The van der Waals surface area contributed by atoms with Crippen molar-refractivity contribution in [1.29, 1.82) is 0 Å². The zero-order valence-electron chi connectivity index (χ0n) is 11.1. The number of carboxylic acids is 1. The van der Waals surface area contributed by atoms with Crippen molar-refractivity contribution in [2.75, 3.05) is 0 Å². The van der Waals surface area contributed by atoms with E-state index in [1.165, 1.54) is 10.1 Å². The van der Waals surface area contributed by atoms with E-state index in [1.807, 2.05) is 24.3 Å². The zero-order valence-corrected chi connectivity index (χ0v) is 11.9. The SMILES string of the molecule is O=C(O)c1cc2ccccc2[nH]1.c1ccc2sccc2c1. The number of para-hydroxylation sites is 1. The fourth-order valence-electron chi connectivity index (χ4n) is 2.09. The van der Waals surface area contributed by atoms with Crippen LogP contribution in [0.25, 0.3) is 21.0 Å². The first-order chi connectivity index (χ1) is 10.2. The van der Waals surface area contributed by atoms with E-state index < -0.39 is 5.97 Å². The number of nitrogens with one attached hydrogen (secondary N) is 1. The number of carbonyl (C=O) groups is 1. The summed E-state index contributed by atoms with van der Waals surface area (Å²) < 4.78 is 1.37. The third-order valence-corrected chi connectivity index (χ3v) is 4.02. The van der Waals surface area contributed by atoms with Gasteiger partial charge < -0.3 is 10.1 Å². The second kappa shape index (κ2) is 5.81. The molecule has 0 amide bonds. The minimum atomic E-state index is -0.925. The first kappa shape index (κ1) is 13.4. The summed E-state index contributed by atoms with van der Waals surface area (Å²) in [5.41, 5.74) is 1.09. The number of hydrogen-bond acceptors (Lipinski definition) is 2. The molecule has 0 saturated heterocycles. The summed E-state index contributed by atoms with van der Waals surface area (Å²) in [4.78, 5) is 13.3. The summed E-state index contributed by atoms with van der Waals surface area (Å²) in [6.45, 7) is 0. The van der Waals surface area contributed by atoms with E-state index in [0.717, 1.165) is 10.9 Å². The summed E-state index contributed by atoms with van der Waals surface area (Å²) in [6, 6.07) is 19.6. The van der Waals surface area contributed by atoms with Crippen LogP contribution in [0.2, 0.25) is 0 Å². The van der Waals surface area contributed by atoms with Gasteiger partial charge in [-0.2, -0.15) is 0 Å². The fraction of sp³-hybridized carbons (Fsp3) is 0. The molecule has 0 spiro atoms. The maximum Gasteiger partial charge on any atom is 0.352 e. The van der Waals surface area contributed by atoms with Crippen LogP contribution < -0.4 is 0 Å². The monoisotopic (exact) mass is 295 g/mol. The Morgan fingerprint density at radius 3 is 2.38 bits per heavy atom. The first-order valence-electron chi connectivity index (χ1n) is 6.47. The van der Waals surface area contributed by atoms with Crippen LogP contribution in [0.3, 0.4) is 0 Å². The normalized spacial score (nSPS) is 10.3. The van der Waals surface area contributed by atoms with Gasteiger partial charge in [0, 0.05) is 15.6 Å². The molecule has 2 aromatic carbocycles. The number of H-pyrrole nitrogens is 1. The summed E-state index contributed by atoms with van der Waals surface area (Å²) in [5, 5.41) is 13.0. The van der Waals surface area contributed by atoms with Gasteiger partial charge in [-0.25, -0.2) is 4.79 Å². The Bertz CT molecular complexity index is 828. The molecule has 0 aliphatic carbocycles. The van der Waals surface area contributed by atoms with Gasteiger partial charge in [-0.15, -0.1) is 11.3 Å². The van der Waals surface area contributed by atoms with E-state index in [-0.39, 0.29) is 5.69 Å². The van der Waals surface area contributed by atoms with E-state index in [0.29, 0.717) is 0 Å². The number of rotatable bonds is 1. The number of carboxylic acid groups (broad SMARTS) is 1. The molecule has 104 valence electrons. The minimum Gasteiger partial charge on any atom is -0.477 e. The topological polar surface area (TPSA) is 53.1 Å². The molecule has 0 fully saturated rings. The molecule has 0 saturated carbocycles. The summed E-state index contributed by atoms with van der Waals surface area (Å²) in [5.74, 6) is -0.925. The van der Waals surface area contributed by atoms with Crippen molar-refractivity contribution in [3.05, 3.63) is 71.7 Å². The van der Waals surface area contributed by atoms with Crippen molar-refractivity contribution in [1.82, 2.24) is 4.98 Å². The Hall–Kier alpha value is -2.59. The average molecular weight is 295 g/mol. The lowest BCUT2D eigenvalue weighted by molar-refractivity contribution is 0.0691. The molecular weight excluding hydrogens is 282 g/mol. The number of aromatic nitrogens is 1. The molecule has 4 heteroatoms. The highest BCUT2D eigenvalue weighted by atomic mass is 32.1. The fourth-order valence-corrected chi connectivity index (χ4v) is 2.89. The number of benzene rings is 2.